The first-order chi connectivity index (χ1) is 5.36. The van der Waals surface area contributed by atoms with Crippen LogP contribution in [0.3, 0.4) is 0 Å². The molecule has 0 aromatic carbocycles. The van der Waals surface area contributed by atoms with Crippen LogP contribution in [0.4, 0.5) is 0 Å². The zero-order chi connectivity index (χ0) is 7.68. The number of nitrogens with zero attached hydrogens (tertiary/aromatic N) is 1. The van der Waals surface area contributed by atoms with Crippen molar-refractivity contribution in [1.29, 1.82) is 0 Å². The van der Waals surface area contributed by atoms with Crippen LogP contribution >= 0.6 is 0 Å². The van der Waals surface area contributed by atoms with E-state index in [2.05, 4.69) is 17.1 Å². The molecule has 2 nitrogen and oxygen atoms in total. The van der Waals surface area contributed by atoms with Gasteiger partial charge in [-0.3, -0.25) is 5.92 Å². The molecule has 1 atom stereocenters. The molecule has 2 aliphatic heterocycles. The van der Waals surface area contributed by atoms with E-state index < -0.39 is 0 Å². The minimum absolute atomic E-state index is 0. The maximum absolute atomic E-state index is 3.49. The van der Waals surface area contributed by atoms with Crippen LogP contribution in [0.2, 0.25) is 0 Å². The van der Waals surface area contributed by atoms with Crippen molar-refractivity contribution in [2.45, 2.75) is 25.8 Å². The summed E-state index contributed by atoms with van der Waals surface area (Å²) < 4.78 is 0. The third kappa shape index (κ3) is 1.56. The van der Waals surface area contributed by atoms with Crippen LogP contribution in [-0.2, 0) is 0 Å². The smallest absolute Gasteiger partial charge is 0.0191 e. The summed E-state index contributed by atoms with van der Waals surface area (Å²) in [5.41, 5.74) is 0. The maximum atomic E-state index is 3.49. The largest absolute Gasteiger partial charge is 0.344 e. The first kappa shape index (κ1) is 9.01. The third-order valence-electron chi connectivity index (χ3n) is 2.78. The van der Waals surface area contributed by atoms with Gasteiger partial charge in [0.2, 0.25) is 0 Å². The van der Waals surface area contributed by atoms with E-state index in [0.717, 1.165) is 12.6 Å². The summed E-state index contributed by atoms with van der Waals surface area (Å²) in [6.45, 7) is 7.15. The van der Waals surface area contributed by atoms with Crippen LogP contribution in [-0.4, -0.2) is 37.1 Å². The Balaban J connectivity index is 0.000000720. The Morgan fingerprint density at radius 3 is 3.17 bits per heavy atom. The van der Waals surface area contributed by atoms with Gasteiger partial charge in [0.05, 0.1) is 0 Å². The Morgan fingerprint density at radius 2 is 2.33 bits per heavy atom. The minimum atomic E-state index is 0. The second-order valence-corrected chi connectivity index (χ2v) is 3.85. The van der Waals surface area contributed by atoms with Crippen LogP contribution in [0.25, 0.3) is 0 Å². The third-order valence-corrected chi connectivity index (χ3v) is 2.78. The summed E-state index contributed by atoms with van der Waals surface area (Å²) in [5.74, 6) is 1.59. The molecule has 0 bridgehead atoms. The van der Waals surface area contributed by atoms with Crippen molar-refractivity contribution in [2.75, 3.05) is 26.2 Å². The standard InChI is InChI=1S/C9H17N2.Lr/c1-8-5-10-6-9-3-2-4-11(9)7-8;/h9-10H,2-7H2,1H3;/q-1;/t9-;/m0./s1. The van der Waals surface area contributed by atoms with Crippen molar-refractivity contribution in [2.24, 2.45) is 0 Å². The summed E-state index contributed by atoms with van der Waals surface area (Å²) in [6, 6.07) is 0.840. The molecule has 0 amide bonds. The molecule has 2 rings (SSSR count). The van der Waals surface area contributed by atoms with Crippen molar-refractivity contribution in [3.63, 3.8) is 0 Å². The predicted octanol–water partition coefficient (Wildman–Crippen LogP) is 0.648. The van der Waals surface area contributed by atoms with Crippen LogP contribution in [0.15, 0.2) is 0 Å². The van der Waals surface area contributed by atoms with Crippen LogP contribution in [0, 0.1) is 5.92 Å². The Morgan fingerprint density at radius 1 is 1.50 bits per heavy atom. The molecule has 0 aromatic rings. The molecule has 12 heavy (non-hydrogen) atoms. The minimum Gasteiger partial charge on any atom is -0.344 e. The Bertz CT molecular complexity index is 140. The van der Waals surface area contributed by atoms with Crippen molar-refractivity contribution < 1.29 is 0 Å². The molecule has 3 heteroatoms. The number of nitrogens with one attached hydrogen (secondary N) is 1. The summed E-state index contributed by atoms with van der Waals surface area (Å²) in [7, 11) is 0. The number of hydrogen-bond donors (Lipinski definition) is 1. The second-order valence-electron chi connectivity index (χ2n) is 3.85. The van der Waals surface area contributed by atoms with Crippen LogP contribution < -0.4 is 5.32 Å². The quantitative estimate of drug-likeness (QED) is 0.585. The molecule has 0 aromatic heterocycles. The predicted molar refractivity (Wildman–Crippen MR) is 46.4 cm³/mol. The van der Waals surface area contributed by atoms with Crippen molar-refractivity contribution >= 4 is 0 Å². The van der Waals surface area contributed by atoms with Gasteiger partial charge < -0.3 is 10.2 Å². The monoisotopic (exact) mass is 415 g/mol. The number of hydrogen-bond acceptors (Lipinski definition) is 2. The van der Waals surface area contributed by atoms with E-state index in [1.54, 1.807) is 5.92 Å². The average molecular weight is 415 g/mol. The number of fused-ring (bicyclic) bond motifs is 1. The van der Waals surface area contributed by atoms with Gasteiger partial charge in [-0.05, 0) is 19.4 Å². The summed E-state index contributed by atoms with van der Waals surface area (Å²) in [5, 5.41) is 3.49. The van der Waals surface area contributed by atoms with Crippen molar-refractivity contribution in [3.05, 3.63) is 5.92 Å². The Hall–Kier alpha value is -1.08. The van der Waals surface area contributed by atoms with E-state index in [4.69, 9.17) is 0 Å². The van der Waals surface area contributed by atoms with Gasteiger partial charge in [-0.25, -0.2) is 0 Å². The molecule has 2 aliphatic rings. The van der Waals surface area contributed by atoms with Gasteiger partial charge in [0.15, 0.2) is 0 Å². The van der Waals surface area contributed by atoms with Gasteiger partial charge >= 0.3 is 0 Å². The van der Waals surface area contributed by atoms with Gasteiger partial charge in [-0.15, -0.1) is 13.1 Å². The Kier molecular flexibility index (Phi) is 2.66. The van der Waals surface area contributed by atoms with E-state index >= 15 is 0 Å². The van der Waals surface area contributed by atoms with E-state index in [1.807, 2.05) is 0 Å². The fourth-order valence-corrected chi connectivity index (χ4v) is 2.19. The molecule has 0 aliphatic carbocycles. The van der Waals surface area contributed by atoms with Crippen molar-refractivity contribution in [1.82, 2.24) is 10.2 Å². The van der Waals surface area contributed by atoms with Gasteiger partial charge in [0.1, 0.15) is 0 Å². The van der Waals surface area contributed by atoms with Crippen LogP contribution in [0.5, 0.6) is 0 Å². The summed E-state index contributed by atoms with van der Waals surface area (Å²) >= 11 is 0. The van der Waals surface area contributed by atoms with Crippen LogP contribution in [0.1, 0.15) is 19.8 Å². The molecular weight excluding hydrogens is 398 g/mol. The molecule has 0 unspecified atom stereocenters. The fourth-order valence-electron chi connectivity index (χ4n) is 2.19. The molecule has 2 saturated heterocycles. The van der Waals surface area contributed by atoms with Crippen molar-refractivity contribution in [3.8, 4) is 0 Å². The maximum Gasteiger partial charge on any atom is 0.0191 e. The molecule has 1 N–H and O–H groups in total. The van der Waals surface area contributed by atoms with Gasteiger partial charge in [-0.1, -0.05) is 0 Å². The molecule has 0 saturated carbocycles. The topological polar surface area (TPSA) is 15.3 Å². The zero-order valence-corrected chi connectivity index (χ0v) is 9.68. The van der Waals surface area contributed by atoms with Gasteiger partial charge in [0, 0.05) is 12.6 Å². The van der Waals surface area contributed by atoms with Gasteiger partial charge in [-0.2, -0.15) is 6.92 Å². The first-order valence-electron chi connectivity index (χ1n) is 4.62. The van der Waals surface area contributed by atoms with E-state index in [1.165, 1.54) is 32.5 Å². The zero-order valence-electron chi connectivity index (χ0n) is 7.53. The second kappa shape index (κ2) is 3.55. The molecular formula is C9H17LrN2-. The normalized spacial score (nSPS) is 32.2. The fraction of sp³-hybridized carbons (Fsp3) is 0.889. The average Bonchev–Trinajstić information content (AvgIpc) is 2.31. The van der Waals surface area contributed by atoms with E-state index in [-0.39, 0.29) is 0 Å². The molecule has 2 fully saturated rings. The SMILES string of the molecule is C[C-]1CNC[C@@H]2CCCN2C1.[Lr]. The molecule has 1 radical (unpaired) electrons. The van der Waals surface area contributed by atoms with Gasteiger partial charge in [0.25, 0.3) is 0 Å². The summed E-state index contributed by atoms with van der Waals surface area (Å²) in [4.78, 5) is 2.62. The molecule has 2 heterocycles. The first-order valence-corrected chi connectivity index (χ1v) is 4.62. The molecule has 0 spiro atoms. The number of rotatable bonds is 0. The Labute approximate surface area is 69.0 Å². The summed E-state index contributed by atoms with van der Waals surface area (Å²) in [6.07, 6.45) is 2.81. The van der Waals surface area contributed by atoms with E-state index in [0.29, 0.717) is 0 Å². The molecule has 79 valence electrons. The van der Waals surface area contributed by atoms with E-state index in [9.17, 15) is 0 Å².